The van der Waals surface area contributed by atoms with Gasteiger partial charge in [-0.1, -0.05) is 12.8 Å². The van der Waals surface area contributed by atoms with E-state index in [0.717, 1.165) is 49.9 Å². The van der Waals surface area contributed by atoms with Crippen LogP contribution in [0.5, 0.6) is 0 Å². The third kappa shape index (κ3) is 3.32. The fourth-order valence-electron chi connectivity index (χ4n) is 4.32. The van der Waals surface area contributed by atoms with Crippen molar-refractivity contribution < 1.29 is 14.4 Å². The molecule has 3 aliphatic rings. The van der Waals surface area contributed by atoms with Crippen molar-refractivity contribution in [3.8, 4) is 0 Å². The van der Waals surface area contributed by atoms with Gasteiger partial charge in [-0.25, -0.2) is 0 Å². The van der Waals surface area contributed by atoms with Gasteiger partial charge in [-0.15, -0.1) is 0 Å². The van der Waals surface area contributed by atoms with E-state index < -0.39 is 0 Å². The van der Waals surface area contributed by atoms with E-state index in [-0.39, 0.29) is 23.6 Å². The van der Waals surface area contributed by atoms with Crippen LogP contribution in [-0.4, -0.2) is 53.7 Å². The first-order valence-electron chi connectivity index (χ1n) is 9.62. The molecule has 1 aliphatic carbocycles. The van der Waals surface area contributed by atoms with Crippen LogP contribution in [0.15, 0.2) is 18.2 Å². The van der Waals surface area contributed by atoms with Crippen LogP contribution in [-0.2, 0) is 16.0 Å². The van der Waals surface area contributed by atoms with Gasteiger partial charge in [0.1, 0.15) is 0 Å². The summed E-state index contributed by atoms with van der Waals surface area (Å²) in [5, 5.41) is 2.79. The quantitative estimate of drug-likeness (QED) is 0.883. The zero-order valence-electron chi connectivity index (χ0n) is 15.0. The summed E-state index contributed by atoms with van der Waals surface area (Å²) < 4.78 is 0. The number of anilines is 1. The lowest BCUT2D eigenvalue weighted by Crippen LogP contribution is -2.39. The zero-order valence-corrected chi connectivity index (χ0v) is 15.0. The summed E-state index contributed by atoms with van der Waals surface area (Å²) in [6.07, 6.45) is 5.49. The number of hydrogen-bond donors (Lipinski definition) is 1. The largest absolute Gasteiger partial charge is 0.341 e. The van der Waals surface area contributed by atoms with Gasteiger partial charge in [0.2, 0.25) is 11.8 Å². The molecule has 2 fully saturated rings. The van der Waals surface area contributed by atoms with Crippen molar-refractivity contribution in [2.75, 3.05) is 31.5 Å². The summed E-state index contributed by atoms with van der Waals surface area (Å²) in [7, 11) is 0. The van der Waals surface area contributed by atoms with Crippen LogP contribution in [0.1, 0.15) is 48.0 Å². The molecule has 0 spiro atoms. The molecular weight excluding hydrogens is 330 g/mol. The molecule has 1 aromatic rings. The second kappa shape index (κ2) is 7.09. The Morgan fingerprint density at radius 3 is 2.50 bits per heavy atom. The zero-order chi connectivity index (χ0) is 18.1. The summed E-state index contributed by atoms with van der Waals surface area (Å²) in [4.78, 5) is 40.8. The lowest BCUT2D eigenvalue weighted by Gasteiger charge is -2.24. The van der Waals surface area contributed by atoms with E-state index in [1.54, 1.807) is 12.1 Å². The van der Waals surface area contributed by atoms with E-state index >= 15 is 0 Å². The number of nitrogens with one attached hydrogen (secondary N) is 1. The van der Waals surface area contributed by atoms with Crippen LogP contribution in [0, 0.1) is 5.92 Å². The predicted molar refractivity (Wildman–Crippen MR) is 97.8 cm³/mol. The topological polar surface area (TPSA) is 69.7 Å². The SMILES string of the molecule is O=C1Cc2cc(C(=O)N3CCCN(C(=O)C4CCCC4)CC3)ccc2N1. The fourth-order valence-corrected chi connectivity index (χ4v) is 4.32. The second-order valence-electron chi connectivity index (χ2n) is 7.55. The normalized spacial score (nSPS) is 20.7. The Hall–Kier alpha value is -2.37. The van der Waals surface area contributed by atoms with Gasteiger partial charge >= 0.3 is 0 Å². The predicted octanol–water partition coefficient (Wildman–Crippen LogP) is 2.05. The van der Waals surface area contributed by atoms with Crippen molar-refractivity contribution in [2.24, 2.45) is 5.92 Å². The molecule has 1 aromatic carbocycles. The van der Waals surface area contributed by atoms with Crippen LogP contribution in [0.2, 0.25) is 0 Å². The molecular formula is C20H25N3O3. The third-order valence-electron chi connectivity index (χ3n) is 5.78. The molecule has 3 amide bonds. The van der Waals surface area contributed by atoms with Gasteiger partial charge in [0.15, 0.2) is 0 Å². The van der Waals surface area contributed by atoms with Crippen LogP contribution < -0.4 is 5.32 Å². The maximum Gasteiger partial charge on any atom is 0.253 e. The Morgan fingerprint density at radius 2 is 1.69 bits per heavy atom. The van der Waals surface area contributed by atoms with Crippen molar-refractivity contribution in [3.63, 3.8) is 0 Å². The highest BCUT2D eigenvalue weighted by molar-refractivity contribution is 6.01. The Kier molecular flexibility index (Phi) is 4.66. The summed E-state index contributed by atoms with van der Waals surface area (Å²) >= 11 is 0. The molecule has 0 aromatic heterocycles. The third-order valence-corrected chi connectivity index (χ3v) is 5.78. The molecule has 2 aliphatic heterocycles. The molecule has 6 heteroatoms. The average molecular weight is 355 g/mol. The molecule has 1 saturated heterocycles. The Labute approximate surface area is 153 Å². The number of benzene rings is 1. The summed E-state index contributed by atoms with van der Waals surface area (Å²) in [6, 6.07) is 5.40. The molecule has 1 N–H and O–H groups in total. The van der Waals surface area contributed by atoms with E-state index in [1.165, 1.54) is 0 Å². The van der Waals surface area contributed by atoms with Crippen LogP contribution in [0.3, 0.4) is 0 Å². The van der Waals surface area contributed by atoms with Crippen LogP contribution in [0.25, 0.3) is 0 Å². The molecule has 0 unspecified atom stereocenters. The number of carbonyl (C=O) groups is 3. The van der Waals surface area contributed by atoms with Gasteiger partial charge in [0.05, 0.1) is 6.42 Å². The van der Waals surface area contributed by atoms with Gasteiger partial charge in [-0.3, -0.25) is 14.4 Å². The van der Waals surface area contributed by atoms with Gasteiger partial charge in [0, 0.05) is 43.3 Å². The van der Waals surface area contributed by atoms with E-state index in [9.17, 15) is 14.4 Å². The smallest absolute Gasteiger partial charge is 0.253 e. The highest BCUT2D eigenvalue weighted by Crippen LogP contribution is 2.27. The van der Waals surface area contributed by atoms with E-state index in [1.807, 2.05) is 15.9 Å². The number of rotatable bonds is 2. The number of nitrogens with zero attached hydrogens (tertiary/aromatic N) is 2. The van der Waals surface area contributed by atoms with E-state index in [4.69, 9.17) is 0 Å². The minimum atomic E-state index is -0.0274. The molecule has 0 radical (unpaired) electrons. The van der Waals surface area contributed by atoms with Gasteiger partial charge < -0.3 is 15.1 Å². The molecule has 26 heavy (non-hydrogen) atoms. The molecule has 4 rings (SSSR count). The maximum atomic E-state index is 12.9. The molecule has 6 nitrogen and oxygen atoms in total. The lowest BCUT2D eigenvalue weighted by atomic mass is 10.1. The monoisotopic (exact) mass is 355 g/mol. The Bertz CT molecular complexity index is 740. The van der Waals surface area contributed by atoms with E-state index in [0.29, 0.717) is 31.6 Å². The molecule has 1 saturated carbocycles. The molecule has 0 bridgehead atoms. The number of hydrogen-bond acceptors (Lipinski definition) is 3. The van der Waals surface area contributed by atoms with Crippen molar-refractivity contribution >= 4 is 23.4 Å². The lowest BCUT2D eigenvalue weighted by molar-refractivity contribution is -0.135. The highest BCUT2D eigenvalue weighted by atomic mass is 16.2. The van der Waals surface area contributed by atoms with Crippen molar-refractivity contribution in [1.82, 2.24) is 9.80 Å². The average Bonchev–Trinajstić information content (AvgIpc) is 3.23. The standard InChI is InChI=1S/C20H25N3O3/c24-18-13-16-12-15(6-7-17(16)21-18)20(26)23-9-3-8-22(10-11-23)19(25)14-4-1-2-5-14/h6-7,12,14H,1-5,8-11,13H2,(H,21,24). The minimum absolute atomic E-state index is 0.0117. The first-order chi connectivity index (χ1) is 12.6. The van der Waals surface area contributed by atoms with Gasteiger partial charge in [0.25, 0.3) is 5.91 Å². The number of carbonyl (C=O) groups excluding carboxylic acids is 3. The first-order valence-corrected chi connectivity index (χ1v) is 9.62. The number of fused-ring (bicyclic) bond motifs is 1. The molecule has 0 atom stereocenters. The Balaban J connectivity index is 1.41. The minimum Gasteiger partial charge on any atom is -0.341 e. The maximum absolute atomic E-state index is 12.9. The summed E-state index contributed by atoms with van der Waals surface area (Å²) in [6.45, 7) is 2.60. The van der Waals surface area contributed by atoms with Gasteiger partial charge in [-0.05, 0) is 43.0 Å². The Morgan fingerprint density at radius 1 is 0.962 bits per heavy atom. The van der Waals surface area contributed by atoms with Crippen molar-refractivity contribution in [2.45, 2.75) is 38.5 Å². The highest BCUT2D eigenvalue weighted by Gasteiger charge is 2.29. The first kappa shape index (κ1) is 17.1. The summed E-state index contributed by atoms with van der Waals surface area (Å²) in [5.41, 5.74) is 2.31. The van der Waals surface area contributed by atoms with Crippen LogP contribution >= 0.6 is 0 Å². The fraction of sp³-hybridized carbons (Fsp3) is 0.550. The summed E-state index contributed by atoms with van der Waals surface area (Å²) in [5.74, 6) is 0.431. The molecule has 2 heterocycles. The molecule has 138 valence electrons. The van der Waals surface area contributed by atoms with Crippen LogP contribution in [0.4, 0.5) is 5.69 Å². The number of amides is 3. The van der Waals surface area contributed by atoms with Crippen molar-refractivity contribution in [1.29, 1.82) is 0 Å². The van der Waals surface area contributed by atoms with Gasteiger partial charge in [-0.2, -0.15) is 0 Å². The second-order valence-corrected chi connectivity index (χ2v) is 7.55. The van der Waals surface area contributed by atoms with Crippen molar-refractivity contribution in [3.05, 3.63) is 29.3 Å². The van der Waals surface area contributed by atoms with E-state index in [2.05, 4.69) is 5.32 Å².